The van der Waals surface area contributed by atoms with Crippen molar-refractivity contribution in [2.45, 2.75) is 97.8 Å². The van der Waals surface area contributed by atoms with Crippen LogP contribution in [0.5, 0.6) is 0 Å². The molecule has 19 heavy (non-hydrogen) atoms. The standard InChI is InChI=1S/C17H37OP/c1-4-5-6-7-8-9-10-11-12-13-14-15-17(2,3)16-18-19/h4-16,19H2,1-3H3. The van der Waals surface area contributed by atoms with Gasteiger partial charge in [0.15, 0.2) is 0 Å². The SMILES string of the molecule is CCCCCCCCCCCCCC(C)(C)COP. The summed E-state index contributed by atoms with van der Waals surface area (Å²) in [5, 5.41) is 0. The molecule has 2 heteroatoms. The lowest BCUT2D eigenvalue weighted by atomic mass is 9.88. The maximum Gasteiger partial charge on any atom is 0.0553 e. The van der Waals surface area contributed by atoms with Gasteiger partial charge in [0.2, 0.25) is 0 Å². The first-order chi connectivity index (χ1) is 9.12. The molecule has 0 saturated heterocycles. The molecule has 0 spiro atoms. The van der Waals surface area contributed by atoms with Crippen LogP contribution in [0.15, 0.2) is 0 Å². The summed E-state index contributed by atoms with van der Waals surface area (Å²) in [6.07, 6.45) is 17.0. The van der Waals surface area contributed by atoms with Crippen molar-refractivity contribution in [2.24, 2.45) is 5.41 Å². The molecule has 0 radical (unpaired) electrons. The first-order valence-electron chi connectivity index (χ1n) is 8.44. The smallest absolute Gasteiger partial charge is 0.0553 e. The van der Waals surface area contributed by atoms with Crippen LogP contribution in [0.3, 0.4) is 0 Å². The van der Waals surface area contributed by atoms with Crippen molar-refractivity contribution in [3.05, 3.63) is 0 Å². The van der Waals surface area contributed by atoms with Crippen molar-refractivity contribution >= 4 is 9.47 Å². The maximum atomic E-state index is 5.17. The summed E-state index contributed by atoms with van der Waals surface area (Å²) in [5.41, 5.74) is 0.348. The fourth-order valence-electron chi connectivity index (χ4n) is 2.57. The second kappa shape index (κ2) is 13.4. The van der Waals surface area contributed by atoms with Crippen LogP contribution in [0, 0.1) is 5.41 Å². The number of hydrogen-bond donors (Lipinski definition) is 0. The zero-order valence-electron chi connectivity index (χ0n) is 13.7. The van der Waals surface area contributed by atoms with Gasteiger partial charge < -0.3 is 4.52 Å². The maximum absolute atomic E-state index is 5.17. The molecule has 0 bridgehead atoms. The molecule has 1 atom stereocenters. The predicted molar refractivity (Wildman–Crippen MR) is 90.5 cm³/mol. The zero-order chi connectivity index (χ0) is 14.4. The summed E-state index contributed by atoms with van der Waals surface area (Å²) in [7, 11) is 2.36. The van der Waals surface area contributed by atoms with Gasteiger partial charge >= 0.3 is 0 Å². The van der Waals surface area contributed by atoms with Crippen LogP contribution < -0.4 is 0 Å². The van der Waals surface area contributed by atoms with E-state index < -0.39 is 0 Å². The van der Waals surface area contributed by atoms with E-state index in [0.717, 1.165) is 6.61 Å². The van der Waals surface area contributed by atoms with Gasteiger partial charge in [-0.3, -0.25) is 0 Å². The topological polar surface area (TPSA) is 9.23 Å². The van der Waals surface area contributed by atoms with Crippen molar-refractivity contribution in [2.75, 3.05) is 6.61 Å². The van der Waals surface area contributed by atoms with E-state index in [1.165, 1.54) is 77.0 Å². The minimum Gasteiger partial charge on any atom is -0.365 e. The van der Waals surface area contributed by atoms with Crippen LogP contribution in [-0.2, 0) is 4.52 Å². The normalized spacial score (nSPS) is 12.0. The molecule has 1 unspecified atom stereocenters. The lowest BCUT2D eigenvalue weighted by Crippen LogP contribution is -2.16. The van der Waals surface area contributed by atoms with Crippen LogP contribution >= 0.6 is 9.47 Å². The Morgan fingerprint density at radius 2 is 1.16 bits per heavy atom. The van der Waals surface area contributed by atoms with Gasteiger partial charge in [-0.15, -0.1) is 0 Å². The molecule has 0 fully saturated rings. The Balaban J connectivity index is 3.14. The van der Waals surface area contributed by atoms with Gasteiger partial charge in [-0.2, -0.15) is 0 Å². The lowest BCUT2D eigenvalue weighted by molar-refractivity contribution is 0.187. The minimum atomic E-state index is 0.348. The van der Waals surface area contributed by atoms with Gasteiger partial charge in [0.25, 0.3) is 0 Å². The van der Waals surface area contributed by atoms with Crippen LogP contribution in [-0.4, -0.2) is 6.61 Å². The average molecular weight is 288 g/mol. The summed E-state index contributed by atoms with van der Waals surface area (Å²) in [6, 6.07) is 0. The fourth-order valence-corrected chi connectivity index (χ4v) is 3.02. The average Bonchev–Trinajstić information content (AvgIpc) is 2.36. The largest absolute Gasteiger partial charge is 0.365 e. The highest BCUT2D eigenvalue weighted by Gasteiger charge is 2.16. The second-order valence-electron chi connectivity index (χ2n) is 6.76. The summed E-state index contributed by atoms with van der Waals surface area (Å²) in [5.74, 6) is 0. The Morgan fingerprint density at radius 1 is 0.737 bits per heavy atom. The Labute approximate surface area is 124 Å². The summed E-state index contributed by atoms with van der Waals surface area (Å²) < 4.78 is 5.17. The van der Waals surface area contributed by atoms with Gasteiger partial charge in [-0.05, 0) is 11.8 Å². The Morgan fingerprint density at radius 3 is 1.58 bits per heavy atom. The number of unbranched alkanes of at least 4 members (excludes halogenated alkanes) is 10. The predicted octanol–water partition coefficient (Wildman–Crippen LogP) is 6.52. The first-order valence-corrected chi connectivity index (χ1v) is 8.91. The van der Waals surface area contributed by atoms with E-state index in [9.17, 15) is 0 Å². The molecule has 0 amide bonds. The third-order valence-corrected chi connectivity index (χ3v) is 4.10. The molecule has 0 N–H and O–H groups in total. The van der Waals surface area contributed by atoms with Gasteiger partial charge in [-0.25, -0.2) is 0 Å². The first kappa shape index (κ1) is 19.4. The van der Waals surface area contributed by atoms with E-state index in [1.807, 2.05) is 0 Å². The fraction of sp³-hybridized carbons (Fsp3) is 1.00. The van der Waals surface area contributed by atoms with E-state index in [2.05, 4.69) is 30.2 Å². The molecular formula is C17H37OP. The molecule has 0 rings (SSSR count). The minimum absolute atomic E-state index is 0.348. The van der Waals surface area contributed by atoms with Crippen molar-refractivity contribution < 1.29 is 4.52 Å². The molecule has 116 valence electrons. The monoisotopic (exact) mass is 288 g/mol. The van der Waals surface area contributed by atoms with Crippen molar-refractivity contribution in [1.29, 1.82) is 0 Å². The molecule has 1 nitrogen and oxygen atoms in total. The lowest BCUT2D eigenvalue weighted by Gasteiger charge is -2.23. The van der Waals surface area contributed by atoms with Gasteiger partial charge in [0, 0.05) is 9.47 Å². The molecule has 0 saturated carbocycles. The van der Waals surface area contributed by atoms with Crippen LogP contribution in [0.25, 0.3) is 0 Å². The molecule has 0 aliphatic heterocycles. The van der Waals surface area contributed by atoms with Crippen LogP contribution in [0.2, 0.25) is 0 Å². The van der Waals surface area contributed by atoms with Gasteiger partial charge in [0.1, 0.15) is 0 Å². The summed E-state index contributed by atoms with van der Waals surface area (Å²) in [4.78, 5) is 0. The highest BCUT2D eigenvalue weighted by atomic mass is 31.0. The molecule has 0 aliphatic rings. The van der Waals surface area contributed by atoms with Crippen molar-refractivity contribution in [3.8, 4) is 0 Å². The highest BCUT2D eigenvalue weighted by molar-refractivity contribution is 7.09. The van der Waals surface area contributed by atoms with Crippen LogP contribution in [0.1, 0.15) is 97.8 Å². The Kier molecular flexibility index (Phi) is 13.7. The molecule has 0 aliphatic carbocycles. The molecular weight excluding hydrogens is 251 g/mol. The van der Waals surface area contributed by atoms with Crippen LogP contribution in [0.4, 0.5) is 0 Å². The van der Waals surface area contributed by atoms with E-state index >= 15 is 0 Å². The molecule has 0 aromatic heterocycles. The molecule has 0 aromatic rings. The molecule has 0 aromatic carbocycles. The Hall–Kier alpha value is 0.390. The second-order valence-corrected chi connectivity index (χ2v) is 7.09. The third kappa shape index (κ3) is 14.6. The number of hydrogen-bond acceptors (Lipinski definition) is 1. The highest BCUT2D eigenvalue weighted by Crippen LogP contribution is 2.25. The zero-order valence-corrected chi connectivity index (χ0v) is 14.8. The summed E-state index contributed by atoms with van der Waals surface area (Å²) in [6.45, 7) is 7.74. The Bertz CT molecular complexity index is 180. The van der Waals surface area contributed by atoms with Crippen molar-refractivity contribution in [3.63, 3.8) is 0 Å². The van der Waals surface area contributed by atoms with E-state index in [1.54, 1.807) is 0 Å². The van der Waals surface area contributed by atoms with E-state index in [-0.39, 0.29) is 0 Å². The van der Waals surface area contributed by atoms with Gasteiger partial charge in [0.05, 0.1) is 6.61 Å². The third-order valence-electron chi connectivity index (χ3n) is 3.93. The summed E-state index contributed by atoms with van der Waals surface area (Å²) >= 11 is 0. The number of rotatable bonds is 14. The van der Waals surface area contributed by atoms with Crippen molar-refractivity contribution in [1.82, 2.24) is 0 Å². The quantitative estimate of drug-likeness (QED) is 0.261. The van der Waals surface area contributed by atoms with E-state index in [4.69, 9.17) is 4.52 Å². The molecule has 0 heterocycles. The van der Waals surface area contributed by atoms with E-state index in [0.29, 0.717) is 5.41 Å². The van der Waals surface area contributed by atoms with Gasteiger partial charge in [-0.1, -0.05) is 91.4 Å².